The van der Waals surface area contributed by atoms with Gasteiger partial charge in [-0.3, -0.25) is 10.0 Å². The molecule has 25 heavy (non-hydrogen) atoms. The molecule has 0 aromatic heterocycles. The van der Waals surface area contributed by atoms with Crippen LogP contribution in [-0.2, 0) is 19.4 Å². The van der Waals surface area contributed by atoms with Crippen LogP contribution < -0.4 is 0 Å². The highest BCUT2D eigenvalue weighted by atomic mass is 32.2. The van der Waals surface area contributed by atoms with Crippen LogP contribution in [0.15, 0.2) is 48.6 Å². The summed E-state index contributed by atoms with van der Waals surface area (Å²) >= 11 is 0. The number of nitrogens with zero attached hydrogens (tertiary/aromatic N) is 1. The number of sulfone groups is 1. The fourth-order valence-electron chi connectivity index (χ4n) is 2.82. The molecule has 0 saturated heterocycles. The summed E-state index contributed by atoms with van der Waals surface area (Å²) in [6, 6.07) is 8.83. The SMILES string of the molecule is CCC(CS(=O)(=O)C1(OC)C=CC(c2ccccc2)=CC1)N(O)C=O. The molecule has 0 saturated carbocycles. The van der Waals surface area contributed by atoms with Crippen molar-refractivity contribution in [2.75, 3.05) is 12.9 Å². The molecule has 6 nitrogen and oxygen atoms in total. The van der Waals surface area contributed by atoms with Crippen LogP contribution >= 0.6 is 0 Å². The second-order valence-electron chi connectivity index (χ2n) is 5.91. The third-order valence-corrected chi connectivity index (χ3v) is 6.81. The van der Waals surface area contributed by atoms with Gasteiger partial charge in [0.1, 0.15) is 0 Å². The van der Waals surface area contributed by atoms with E-state index in [4.69, 9.17) is 4.74 Å². The van der Waals surface area contributed by atoms with E-state index in [2.05, 4.69) is 0 Å². The van der Waals surface area contributed by atoms with Gasteiger partial charge in [0.05, 0.1) is 11.8 Å². The number of allylic oxidation sites excluding steroid dienone is 2. The molecule has 2 rings (SSSR count). The first kappa shape index (κ1) is 19.4. The van der Waals surface area contributed by atoms with Gasteiger partial charge >= 0.3 is 0 Å². The number of hydroxylamine groups is 2. The fraction of sp³-hybridized carbons (Fsp3) is 0.389. The Balaban J connectivity index is 2.26. The van der Waals surface area contributed by atoms with Gasteiger partial charge in [0.25, 0.3) is 0 Å². The van der Waals surface area contributed by atoms with E-state index in [-0.39, 0.29) is 18.6 Å². The van der Waals surface area contributed by atoms with Gasteiger partial charge in [-0.15, -0.1) is 0 Å². The van der Waals surface area contributed by atoms with Crippen LogP contribution in [0.2, 0.25) is 0 Å². The number of hydrogen-bond donors (Lipinski definition) is 1. The average Bonchev–Trinajstić information content (AvgIpc) is 2.66. The van der Waals surface area contributed by atoms with E-state index in [1.807, 2.05) is 36.4 Å². The van der Waals surface area contributed by atoms with Crippen LogP contribution in [0.1, 0.15) is 25.3 Å². The molecule has 1 aromatic rings. The van der Waals surface area contributed by atoms with Crippen molar-refractivity contribution in [3.63, 3.8) is 0 Å². The van der Waals surface area contributed by atoms with E-state index in [0.717, 1.165) is 11.1 Å². The maximum Gasteiger partial charge on any atom is 0.233 e. The Morgan fingerprint density at radius 1 is 1.36 bits per heavy atom. The summed E-state index contributed by atoms with van der Waals surface area (Å²) in [4.78, 5) is 9.25. The van der Waals surface area contributed by atoms with E-state index in [1.165, 1.54) is 7.11 Å². The maximum absolute atomic E-state index is 12.9. The van der Waals surface area contributed by atoms with Crippen molar-refractivity contribution in [2.45, 2.75) is 30.7 Å². The van der Waals surface area contributed by atoms with Gasteiger partial charge in [-0.2, -0.15) is 0 Å². The van der Waals surface area contributed by atoms with E-state index >= 15 is 0 Å². The molecule has 1 amide bonds. The molecule has 1 aliphatic rings. The second-order valence-corrected chi connectivity index (χ2v) is 8.16. The number of benzene rings is 1. The number of carbonyl (C=O) groups is 1. The summed E-state index contributed by atoms with van der Waals surface area (Å²) < 4.78 is 31.2. The highest BCUT2D eigenvalue weighted by Gasteiger charge is 2.43. The standard InChI is InChI=1S/C18H23NO5S/c1-3-17(19(21)14-20)13-25(22,23)18(24-2)11-9-16(10-12-18)15-7-5-4-6-8-15/h4-11,14,17,21H,3,12-13H2,1-2H3. The van der Waals surface area contributed by atoms with Gasteiger partial charge in [-0.1, -0.05) is 49.4 Å². The zero-order chi connectivity index (χ0) is 18.5. The van der Waals surface area contributed by atoms with Gasteiger partial charge < -0.3 is 4.74 Å². The van der Waals surface area contributed by atoms with Gasteiger partial charge in [-0.25, -0.2) is 13.5 Å². The van der Waals surface area contributed by atoms with E-state index < -0.39 is 20.8 Å². The minimum atomic E-state index is -3.78. The molecule has 2 unspecified atom stereocenters. The molecule has 136 valence electrons. The Kier molecular flexibility index (Phi) is 6.16. The molecule has 0 spiro atoms. The van der Waals surface area contributed by atoms with Crippen molar-refractivity contribution >= 4 is 21.8 Å². The molecule has 2 atom stereocenters. The minimum absolute atomic E-state index is 0.162. The lowest BCUT2D eigenvalue weighted by atomic mass is 9.98. The van der Waals surface area contributed by atoms with Crippen molar-refractivity contribution in [3.05, 3.63) is 54.1 Å². The number of ether oxygens (including phenoxy) is 1. The van der Waals surface area contributed by atoms with Crippen LogP contribution in [0.5, 0.6) is 0 Å². The summed E-state index contributed by atoms with van der Waals surface area (Å²) in [6.45, 7) is 1.70. The Morgan fingerprint density at radius 3 is 2.52 bits per heavy atom. The number of amides is 1. The average molecular weight is 365 g/mol. The zero-order valence-corrected chi connectivity index (χ0v) is 15.1. The largest absolute Gasteiger partial charge is 0.358 e. The lowest BCUT2D eigenvalue weighted by Gasteiger charge is -2.33. The molecule has 0 radical (unpaired) electrons. The van der Waals surface area contributed by atoms with Crippen molar-refractivity contribution in [3.8, 4) is 0 Å². The molecule has 7 heteroatoms. The molecule has 0 bridgehead atoms. The third kappa shape index (κ3) is 4.00. The smallest absolute Gasteiger partial charge is 0.233 e. The normalized spacial score (nSPS) is 21.5. The van der Waals surface area contributed by atoms with E-state index in [1.54, 1.807) is 19.1 Å². The zero-order valence-electron chi connectivity index (χ0n) is 14.3. The van der Waals surface area contributed by atoms with Crippen LogP contribution in [0.3, 0.4) is 0 Å². The van der Waals surface area contributed by atoms with Crippen LogP contribution in [0, 0.1) is 0 Å². The predicted octanol–water partition coefficient (Wildman–Crippen LogP) is 2.41. The number of hydrogen-bond acceptors (Lipinski definition) is 5. The van der Waals surface area contributed by atoms with Gasteiger partial charge in [0, 0.05) is 13.5 Å². The van der Waals surface area contributed by atoms with E-state index in [9.17, 15) is 18.4 Å². The van der Waals surface area contributed by atoms with E-state index in [0.29, 0.717) is 11.5 Å². The monoisotopic (exact) mass is 365 g/mol. The molecule has 0 heterocycles. The molecule has 1 aromatic carbocycles. The molecule has 1 N–H and O–H groups in total. The second kappa shape index (κ2) is 7.95. The Labute approximate surface area is 148 Å². The Hall–Kier alpha value is -1.96. The summed E-state index contributed by atoms with van der Waals surface area (Å²) in [5, 5.41) is 9.96. The van der Waals surface area contributed by atoms with Gasteiger partial charge in [0.2, 0.25) is 6.41 Å². The van der Waals surface area contributed by atoms with Crippen molar-refractivity contribution < 1.29 is 23.2 Å². The molecule has 0 fully saturated rings. The third-order valence-electron chi connectivity index (χ3n) is 4.47. The lowest BCUT2D eigenvalue weighted by molar-refractivity contribution is -0.158. The Morgan fingerprint density at radius 2 is 2.04 bits per heavy atom. The highest BCUT2D eigenvalue weighted by Crippen LogP contribution is 2.34. The number of carbonyl (C=O) groups excluding carboxylic acids is 1. The van der Waals surface area contributed by atoms with Crippen molar-refractivity contribution in [1.29, 1.82) is 0 Å². The lowest BCUT2D eigenvalue weighted by Crippen LogP contribution is -2.46. The summed E-state index contributed by atoms with van der Waals surface area (Å²) in [5.41, 5.74) is 1.92. The van der Waals surface area contributed by atoms with Crippen LogP contribution in [0.25, 0.3) is 5.57 Å². The summed E-state index contributed by atoms with van der Waals surface area (Å²) in [6.07, 6.45) is 5.79. The fourth-order valence-corrected chi connectivity index (χ4v) is 4.86. The maximum atomic E-state index is 12.9. The molecular formula is C18H23NO5S. The molecule has 1 aliphatic carbocycles. The van der Waals surface area contributed by atoms with Crippen LogP contribution in [0.4, 0.5) is 0 Å². The Bertz CT molecular complexity index is 757. The first-order valence-electron chi connectivity index (χ1n) is 8.04. The first-order valence-corrected chi connectivity index (χ1v) is 9.69. The highest BCUT2D eigenvalue weighted by molar-refractivity contribution is 7.92. The summed E-state index contributed by atoms with van der Waals surface area (Å²) in [5.74, 6) is -0.384. The van der Waals surface area contributed by atoms with Crippen molar-refractivity contribution in [2.24, 2.45) is 0 Å². The number of rotatable bonds is 8. The minimum Gasteiger partial charge on any atom is -0.358 e. The molecule has 0 aliphatic heterocycles. The summed E-state index contributed by atoms with van der Waals surface area (Å²) in [7, 11) is -2.43. The quantitative estimate of drug-likeness (QED) is 0.434. The van der Waals surface area contributed by atoms with Crippen LogP contribution in [-0.4, -0.2) is 48.9 Å². The first-order chi connectivity index (χ1) is 11.9. The number of methoxy groups -OCH3 is 1. The topological polar surface area (TPSA) is 83.9 Å². The van der Waals surface area contributed by atoms with Crippen molar-refractivity contribution in [1.82, 2.24) is 5.06 Å². The molecular weight excluding hydrogens is 342 g/mol. The van der Waals surface area contributed by atoms with Gasteiger partial charge in [-0.05, 0) is 23.6 Å². The predicted molar refractivity (Wildman–Crippen MR) is 95.5 cm³/mol. The van der Waals surface area contributed by atoms with Gasteiger partial charge in [0.15, 0.2) is 14.8 Å².